The van der Waals surface area contributed by atoms with Gasteiger partial charge in [0.1, 0.15) is 12.1 Å². The van der Waals surface area contributed by atoms with E-state index in [-0.39, 0.29) is 43.9 Å². The van der Waals surface area contributed by atoms with Gasteiger partial charge in [-0.15, -0.1) is 5.10 Å². The van der Waals surface area contributed by atoms with Crippen molar-refractivity contribution in [3.8, 4) is 0 Å². The van der Waals surface area contributed by atoms with Crippen molar-refractivity contribution >= 4 is 21.8 Å². The fourth-order valence-electron chi connectivity index (χ4n) is 4.70. The minimum Gasteiger partial charge on any atom is -0.391 e. The highest BCUT2D eigenvalue weighted by molar-refractivity contribution is 7.88. The summed E-state index contributed by atoms with van der Waals surface area (Å²) in [6.45, 7) is 10.1. The number of likely N-dealkylation sites (tertiary alicyclic amines) is 1. The van der Waals surface area contributed by atoms with E-state index in [4.69, 9.17) is 0 Å². The summed E-state index contributed by atoms with van der Waals surface area (Å²) in [5.41, 5.74) is 0.388. The Balaban J connectivity index is 1.67. The molecule has 2 N–H and O–H groups in total. The fourth-order valence-corrected chi connectivity index (χ4v) is 5.92. The Morgan fingerprint density at radius 2 is 1.94 bits per heavy atom. The van der Waals surface area contributed by atoms with Gasteiger partial charge in [-0.25, -0.2) is 13.1 Å². The maximum Gasteiger partial charge on any atom is 0.248 e. The zero-order valence-corrected chi connectivity index (χ0v) is 22.5. The van der Waals surface area contributed by atoms with E-state index < -0.39 is 33.6 Å². The number of aliphatic hydroxyl groups excluding tert-OH is 1. The number of hydrogen-bond donors (Lipinski definition) is 2. The van der Waals surface area contributed by atoms with Gasteiger partial charge in [-0.2, -0.15) is 4.31 Å². The van der Waals surface area contributed by atoms with Crippen LogP contribution in [0.4, 0.5) is 0 Å². The van der Waals surface area contributed by atoms with Crippen molar-refractivity contribution in [3.05, 3.63) is 11.9 Å². The molecule has 1 aromatic heterocycles. The van der Waals surface area contributed by atoms with E-state index in [0.717, 1.165) is 18.5 Å². The number of carbonyl (C=O) groups is 2. The molecule has 2 amide bonds. The van der Waals surface area contributed by atoms with Crippen LogP contribution in [0.3, 0.4) is 0 Å². The van der Waals surface area contributed by atoms with Gasteiger partial charge in [0.15, 0.2) is 0 Å². The van der Waals surface area contributed by atoms with E-state index in [9.17, 15) is 23.1 Å². The third-order valence-corrected chi connectivity index (χ3v) is 8.02. The molecule has 1 aliphatic carbocycles. The zero-order chi connectivity index (χ0) is 26.1. The minimum atomic E-state index is -3.34. The molecule has 198 valence electrons. The van der Waals surface area contributed by atoms with Gasteiger partial charge in [-0.05, 0) is 38.5 Å². The topological polar surface area (TPSA) is 138 Å². The van der Waals surface area contributed by atoms with Crippen molar-refractivity contribution in [2.45, 2.75) is 90.4 Å². The predicted molar refractivity (Wildman–Crippen MR) is 131 cm³/mol. The second kappa shape index (κ2) is 10.5. The summed E-state index contributed by atoms with van der Waals surface area (Å²) in [5, 5.41) is 21.6. The van der Waals surface area contributed by atoms with Crippen LogP contribution in [0.15, 0.2) is 6.20 Å². The smallest absolute Gasteiger partial charge is 0.248 e. The standard InChI is InChI=1S/C23H40N6O5S/c1-15(2)29(35(6,33)34)11-7-10-24-21(31)19-12-17(30)13-27(19)22(32)20(23(3,4)5)28-14-18(25-26-28)16-8-9-16/h14-17,19-20,30H,7-13H2,1-6H3,(H,24,31)/t17-,19+,20-/m1/s1. The minimum absolute atomic E-state index is 0.0723. The molecular weight excluding hydrogens is 472 g/mol. The van der Waals surface area contributed by atoms with Crippen LogP contribution >= 0.6 is 0 Å². The number of sulfonamides is 1. The Bertz CT molecular complexity index is 1010. The molecule has 3 atom stereocenters. The lowest BCUT2D eigenvalue weighted by Gasteiger charge is -2.34. The normalized spacial score (nSPS) is 22.1. The third-order valence-electron chi connectivity index (χ3n) is 6.56. The summed E-state index contributed by atoms with van der Waals surface area (Å²) in [5.74, 6) is -0.222. The van der Waals surface area contributed by atoms with Crippen molar-refractivity contribution < 1.29 is 23.1 Å². The predicted octanol–water partition coefficient (Wildman–Crippen LogP) is 0.881. The van der Waals surface area contributed by atoms with Crippen LogP contribution in [-0.2, 0) is 19.6 Å². The van der Waals surface area contributed by atoms with Crippen LogP contribution in [-0.4, -0.2) is 93.6 Å². The maximum absolute atomic E-state index is 13.7. The molecule has 2 fully saturated rings. The molecule has 0 spiro atoms. The average molecular weight is 513 g/mol. The Kier molecular flexibility index (Phi) is 8.27. The third kappa shape index (κ3) is 6.79. The molecule has 0 bridgehead atoms. The van der Waals surface area contributed by atoms with Gasteiger partial charge >= 0.3 is 0 Å². The molecule has 2 aliphatic rings. The Labute approximate surface area is 208 Å². The van der Waals surface area contributed by atoms with Crippen LogP contribution < -0.4 is 5.32 Å². The van der Waals surface area contributed by atoms with E-state index in [1.807, 2.05) is 27.0 Å². The molecule has 1 saturated carbocycles. The van der Waals surface area contributed by atoms with Crippen LogP contribution in [0.5, 0.6) is 0 Å². The Morgan fingerprint density at radius 3 is 2.49 bits per heavy atom. The van der Waals surface area contributed by atoms with Crippen LogP contribution in [0.25, 0.3) is 0 Å². The van der Waals surface area contributed by atoms with Crippen LogP contribution in [0.1, 0.15) is 78.0 Å². The first-order valence-corrected chi connectivity index (χ1v) is 14.2. The van der Waals surface area contributed by atoms with Crippen LogP contribution in [0.2, 0.25) is 0 Å². The number of aliphatic hydroxyl groups is 1. The Hall–Kier alpha value is -2.05. The van der Waals surface area contributed by atoms with Crippen molar-refractivity contribution in [3.63, 3.8) is 0 Å². The number of amides is 2. The number of carbonyl (C=O) groups excluding carboxylic acids is 2. The molecule has 2 heterocycles. The van der Waals surface area contributed by atoms with E-state index in [1.165, 1.54) is 15.5 Å². The molecule has 1 saturated heterocycles. The molecule has 1 aliphatic heterocycles. The first-order chi connectivity index (χ1) is 16.2. The molecule has 3 rings (SSSR count). The highest BCUT2D eigenvalue weighted by Crippen LogP contribution is 2.40. The summed E-state index contributed by atoms with van der Waals surface area (Å²) < 4.78 is 26.8. The summed E-state index contributed by atoms with van der Waals surface area (Å²) in [6.07, 6.45) is 4.95. The molecule has 0 unspecified atom stereocenters. The van der Waals surface area contributed by atoms with Gasteiger partial charge < -0.3 is 15.3 Å². The molecule has 12 heteroatoms. The number of β-amino-alcohol motifs (C(OH)–C–C–N with tert-alkyl or cyclic N) is 1. The van der Waals surface area contributed by atoms with Crippen molar-refractivity contribution in [2.24, 2.45) is 5.41 Å². The van der Waals surface area contributed by atoms with Crippen molar-refractivity contribution in [1.82, 2.24) is 29.5 Å². The van der Waals surface area contributed by atoms with Gasteiger partial charge in [0.2, 0.25) is 21.8 Å². The number of rotatable bonds is 10. The molecular formula is C23H40N6O5S. The van der Waals surface area contributed by atoms with Gasteiger partial charge in [0.25, 0.3) is 0 Å². The lowest BCUT2D eigenvalue weighted by molar-refractivity contribution is -0.144. The largest absolute Gasteiger partial charge is 0.391 e. The van der Waals surface area contributed by atoms with Gasteiger partial charge in [-0.1, -0.05) is 26.0 Å². The lowest BCUT2D eigenvalue weighted by atomic mass is 9.85. The summed E-state index contributed by atoms with van der Waals surface area (Å²) >= 11 is 0. The van der Waals surface area contributed by atoms with Crippen LogP contribution in [0, 0.1) is 5.41 Å². The first-order valence-electron chi connectivity index (χ1n) is 12.3. The second-order valence-corrected chi connectivity index (χ2v) is 13.1. The quantitative estimate of drug-likeness (QED) is 0.444. The summed E-state index contributed by atoms with van der Waals surface area (Å²) in [7, 11) is -3.34. The van der Waals surface area contributed by atoms with Gasteiger partial charge in [-0.3, -0.25) is 9.59 Å². The van der Waals surface area contributed by atoms with E-state index in [2.05, 4.69) is 15.6 Å². The molecule has 0 aromatic carbocycles. The fraction of sp³-hybridized carbons (Fsp3) is 0.826. The summed E-state index contributed by atoms with van der Waals surface area (Å²) in [6, 6.07) is -1.65. The molecule has 35 heavy (non-hydrogen) atoms. The molecule has 11 nitrogen and oxygen atoms in total. The molecule has 1 aromatic rings. The van der Waals surface area contributed by atoms with Gasteiger partial charge in [0, 0.05) is 44.2 Å². The van der Waals surface area contributed by atoms with Crippen molar-refractivity contribution in [2.75, 3.05) is 25.9 Å². The zero-order valence-electron chi connectivity index (χ0n) is 21.6. The average Bonchev–Trinajstić information content (AvgIpc) is 3.33. The van der Waals surface area contributed by atoms with Gasteiger partial charge in [0.05, 0.1) is 18.1 Å². The van der Waals surface area contributed by atoms with Crippen molar-refractivity contribution in [1.29, 1.82) is 0 Å². The van der Waals surface area contributed by atoms with E-state index >= 15 is 0 Å². The van der Waals surface area contributed by atoms with E-state index in [1.54, 1.807) is 18.5 Å². The molecule has 0 radical (unpaired) electrons. The number of nitrogens with zero attached hydrogens (tertiary/aromatic N) is 5. The monoisotopic (exact) mass is 512 g/mol. The first kappa shape index (κ1) is 27.5. The Morgan fingerprint density at radius 1 is 1.29 bits per heavy atom. The maximum atomic E-state index is 13.7. The lowest BCUT2D eigenvalue weighted by Crippen LogP contribution is -2.50. The number of hydrogen-bond acceptors (Lipinski definition) is 7. The second-order valence-electron chi connectivity index (χ2n) is 11.2. The number of nitrogens with one attached hydrogen (secondary N) is 1. The highest BCUT2D eigenvalue weighted by Gasteiger charge is 2.45. The SMILES string of the molecule is CC(C)N(CCCNC(=O)[C@@H]1C[C@@H](O)CN1C(=O)[C@@H](n1cc(C2CC2)nn1)C(C)(C)C)S(C)(=O)=O. The highest BCUT2D eigenvalue weighted by atomic mass is 32.2. The summed E-state index contributed by atoms with van der Waals surface area (Å²) in [4.78, 5) is 28.2. The van der Waals surface area contributed by atoms with E-state index in [0.29, 0.717) is 12.3 Å². The number of aromatic nitrogens is 3.